The first-order valence-electron chi connectivity index (χ1n) is 13.4. The Balaban J connectivity index is 1.32. The maximum absolute atomic E-state index is 13.3. The van der Waals surface area contributed by atoms with Gasteiger partial charge in [0.15, 0.2) is 0 Å². The topological polar surface area (TPSA) is 72.0 Å². The molecule has 0 saturated carbocycles. The van der Waals surface area contributed by atoms with Crippen molar-refractivity contribution in [1.29, 1.82) is 0 Å². The van der Waals surface area contributed by atoms with Gasteiger partial charge in [0.05, 0.1) is 0 Å². The number of nitrogens with zero attached hydrogens (tertiary/aromatic N) is 3. The monoisotopic (exact) mass is 545 g/mol. The van der Waals surface area contributed by atoms with Gasteiger partial charge >= 0.3 is 12.1 Å². The number of rotatable bonds is 4. The number of carbonyl (C=O) groups excluding carboxylic acids is 2. The minimum absolute atomic E-state index is 0.119. The third-order valence-corrected chi connectivity index (χ3v) is 8.38. The summed E-state index contributed by atoms with van der Waals surface area (Å²) >= 11 is 0. The Kier molecular flexibility index (Phi) is 7.11. The van der Waals surface area contributed by atoms with Crippen LogP contribution in [-0.4, -0.2) is 70.7 Å². The Hall–Kier alpha value is -3.14. The number of aryl methyl sites for hydroxylation is 1. The minimum atomic E-state index is -5.07. The standard InChI is InChI=1S/C29H34F3N3O4/c1-19-16-33-11-7-22(19)25(36)35-13-9-28(10-14-35)8-12-34(18-23(28)38-26(37)29(30,31)32)17-21-6-4-5-20-15-27(2,3)39-24(20)21/h4-7,11,16,23H,8-10,12-15,17-18H2,1-3H3. The largest absolute Gasteiger partial charge is 0.490 e. The van der Waals surface area contributed by atoms with Gasteiger partial charge in [-0.1, -0.05) is 18.2 Å². The fraction of sp³-hybridized carbons (Fsp3) is 0.552. The molecular weight excluding hydrogens is 511 g/mol. The summed E-state index contributed by atoms with van der Waals surface area (Å²) in [6.45, 7) is 7.97. The van der Waals surface area contributed by atoms with Gasteiger partial charge < -0.3 is 14.4 Å². The second kappa shape index (κ2) is 10.1. The molecule has 2 aromatic rings. The fourth-order valence-electron chi connectivity index (χ4n) is 6.22. The van der Waals surface area contributed by atoms with Crippen molar-refractivity contribution >= 4 is 11.9 Å². The average molecular weight is 546 g/mol. The van der Waals surface area contributed by atoms with Crippen LogP contribution in [0.4, 0.5) is 13.2 Å². The molecule has 1 aromatic heterocycles. The number of ether oxygens (including phenoxy) is 2. The molecule has 1 atom stereocenters. The van der Waals surface area contributed by atoms with E-state index in [9.17, 15) is 22.8 Å². The molecule has 10 heteroatoms. The zero-order valence-electron chi connectivity index (χ0n) is 22.5. The minimum Gasteiger partial charge on any atom is -0.487 e. The van der Waals surface area contributed by atoms with Gasteiger partial charge in [0.2, 0.25) is 0 Å². The van der Waals surface area contributed by atoms with Crippen molar-refractivity contribution in [3.05, 3.63) is 58.9 Å². The Morgan fingerprint density at radius 3 is 2.54 bits per heavy atom. The van der Waals surface area contributed by atoms with Crippen molar-refractivity contribution in [3.8, 4) is 5.75 Å². The Morgan fingerprint density at radius 1 is 1.13 bits per heavy atom. The molecule has 1 amide bonds. The van der Waals surface area contributed by atoms with Crippen LogP contribution in [0.3, 0.4) is 0 Å². The number of esters is 1. The van der Waals surface area contributed by atoms with Crippen molar-refractivity contribution in [1.82, 2.24) is 14.8 Å². The second-order valence-corrected chi connectivity index (χ2v) is 11.7. The van der Waals surface area contributed by atoms with Crippen LogP contribution < -0.4 is 4.74 Å². The summed E-state index contributed by atoms with van der Waals surface area (Å²) < 4.78 is 51.2. The van der Waals surface area contributed by atoms with E-state index in [1.165, 1.54) is 0 Å². The molecule has 5 rings (SSSR count). The van der Waals surface area contributed by atoms with Gasteiger partial charge in [-0.25, -0.2) is 4.79 Å². The van der Waals surface area contributed by atoms with Gasteiger partial charge in [0, 0.05) is 61.5 Å². The van der Waals surface area contributed by atoms with E-state index >= 15 is 0 Å². The van der Waals surface area contributed by atoms with Crippen LogP contribution in [-0.2, 0) is 22.5 Å². The first-order valence-corrected chi connectivity index (χ1v) is 13.4. The van der Waals surface area contributed by atoms with Gasteiger partial charge in [-0.15, -0.1) is 0 Å². The first kappa shape index (κ1) is 27.4. The van der Waals surface area contributed by atoms with Crippen molar-refractivity contribution in [3.63, 3.8) is 0 Å². The molecule has 0 radical (unpaired) electrons. The van der Waals surface area contributed by atoms with E-state index in [4.69, 9.17) is 9.47 Å². The number of para-hydroxylation sites is 1. The molecule has 0 aliphatic carbocycles. The summed E-state index contributed by atoms with van der Waals surface area (Å²) in [6, 6.07) is 7.67. The normalized spacial score (nSPS) is 22.3. The lowest BCUT2D eigenvalue weighted by molar-refractivity contribution is -0.216. The van der Waals surface area contributed by atoms with E-state index in [1.807, 2.05) is 43.9 Å². The summed E-state index contributed by atoms with van der Waals surface area (Å²) in [4.78, 5) is 32.9. The second-order valence-electron chi connectivity index (χ2n) is 11.7. The predicted octanol–water partition coefficient (Wildman–Crippen LogP) is 4.71. The number of fused-ring (bicyclic) bond motifs is 1. The SMILES string of the molecule is Cc1cnccc1C(=O)N1CCC2(CCN(Cc3cccc4c3OC(C)(C)C4)CC2OC(=O)C(F)(F)F)CC1. The highest BCUT2D eigenvalue weighted by Gasteiger charge is 2.51. The van der Waals surface area contributed by atoms with Crippen molar-refractivity contribution < 1.29 is 32.2 Å². The summed E-state index contributed by atoms with van der Waals surface area (Å²) in [6.07, 6.45) is -0.514. The number of pyridine rings is 1. The molecule has 39 heavy (non-hydrogen) atoms. The lowest BCUT2D eigenvalue weighted by Gasteiger charge is -2.51. The van der Waals surface area contributed by atoms with Crippen molar-refractivity contribution in [2.24, 2.45) is 5.41 Å². The van der Waals surface area contributed by atoms with Gasteiger partial charge in [-0.3, -0.25) is 14.7 Å². The van der Waals surface area contributed by atoms with Crippen LogP contribution in [0.5, 0.6) is 5.75 Å². The molecule has 210 valence electrons. The Labute approximate surface area is 226 Å². The van der Waals surface area contributed by atoms with Crippen LogP contribution in [0, 0.1) is 12.3 Å². The molecule has 4 heterocycles. The number of alkyl halides is 3. The number of benzene rings is 1. The molecule has 2 fully saturated rings. The van der Waals surface area contributed by atoms with Crippen LogP contribution in [0.15, 0.2) is 36.7 Å². The number of hydrogen-bond acceptors (Lipinski definition) is 6. The molecule has 2 saturated heterocycles. The van der Waals surface area contributed by atoms with Crippen LogP contribution in [0.2, 0.25) is 0 Å². The highest BCUT2D eigenvalue weighted by Crippen LogP contribution is 2.45. The quantitative estimate of drug-likeness (QED) is 0.519. The van der Waals surface area contributed by atoms with Crippen molar-refractivity contribution in [2.75, 3.05) is 26.2 Å². The maximum Gasteiger partial charge on any atom is 0.490 e. The number of aromatic nitrogens is 1. The third-order valence-electron chi connectivity index (χ3n) is 8.38. The summed E-state index contributed by atoms with van der Waals surface area (Å²) in [5.74, 6) is -1.44. The lowest BCUT2D eigenvalue weighted by Crippen LogP contribution is -2.57. The highest BCUT2D eigenvalue weighted by molar-refractivity contribution is 5.95. The zero-order valence-corrected chi connectivity index (χ0v) is 22.5. The number of piperidine rings is 2. The van der Waals surface area contributed by atoms with Gasteiger partial charge in [0.25, 0.3) is 5.91 Å². The molecular formula is C29H34F3N3O4. The van der Waals surface area contributed by atoms with Crippen LogP contribution >= 0.6 is 0 Å². The molecule has 1 spiro atoms. The first-order chi connectivity index (χ1) is 18.4. The molecule has 7 nitrogen and oxygen atoms in total. The van der Waals surface area contributed by atoms with E-state index in [2.05, 4.69) is 4.98 Å². The predicted molar refractivity (Wildman–Crippen MR) is 137 cm³/mol. The number of halogens is 3. The number of likely N-dealkylation sites (tertiary alicyclic amines) is 2. The Bertz CT molecular complexity index is 1250. The van der Waals surface area contributed by atoms with Crippen LogP contribution in [0.1, 0.15) is 60.2 Å². The molecule has 0 N–H and O–H groups in total. The smallest absolute Gasteiger partial charge is 0.487 e. The van der Waals surface area contributed by atoms with E-state index in [0.29, 0.717) is 51.0 Å². The zero-order chi connectivity index (χ0) is 28.0. The fourth-order valence-corrected chi connectivity index (χ4v) is 6.22. The van der Waals surface area contributed by atoms with Crippen molar-refractivity contribution in [2.45, 2.75) is 70.9 Å². The van der Waals surface area contributed by atoms with Gasteiger partial charge in [-0.05, 0) is 63.8 Å². The van der Waals surface area contributed by atoms with E-state index in [-0.39, 0.29) is 18.1 Å². The van der Waals surface area contributed by atoms with E-state index in [0.717, 1.165) is 28.9 Å². The van der Waals surface area contributed by atoms with Crippen LogP contribution in [0.25, 0.3) is 0 Å². The molecule has 0 bridgehead atoms. The summed E-state index contributed by atoms with van der Waals surface area (Å²) in [7, 11) is 0. The number of carbonyl (C=O) groups is 2. The molecule has 1 unspecified atom stereocenters. The van der Waals surface area contributed by atoms with Gasteiger partial charge in [0.1, 0.15) is 17.5 Å². The highest BCUT2D eigenvalue weighted by atomic mass is 19.4. The molecule has 1 aromatic carbocycles. The number of hydrogen-bond donors (Lipinski definition) is 0. The summed E-state index contributed by atoms with van der Waals surface area (Å²) in [5.41, 5.74) is 2.49. The van der Waals surface area contributed by atoms with E-state index < -0.39 is 23.7 Å². The third kappa shape index (κ3) is 5.62. The molecule has 3 aliphatic rings. The Morgan fingerprint density at radius 2 is 1.85 bits per heavy atom. The van der Waals surface area contributed by atoms with E-state index in [1.54, 1.807) is 23.4 Å². The lowest BCUT2D eigenvalue weighted by atomic mass is 9.69. The van der Waals surface area contributed by atoms with Gasteiger partial charge in [-0.2, -0.15) is 13.2 Å². The average Bonchev–Trinajstić information content (AvgIpc) is 3.21. The number of amides is 1. The maximum atomic E-state index is 13.3. The molecule has 3 aliphatic heterocycles. The summed E-state index contributed by atoms with van der Waals surface area (Å²) in [5, 5.41) is 0.